The topological polar surface area (TPSA) is 63.8 Å². The number of hydrazine groups is 1. The van der Waals surface area contributed by atoms with Crippen molar-refractivity contribution < 1.29 is 8.78 Å². The second-order valence-corrected chi connectivity index (χ2v) is 5.21. The van der Waals surface area contributed by atoms with Crippen LogP contribution >= 0.6 is 11.5 Å². The second kappa shape index (κ2) is 5.68. The highest BCUT2D eigenvalue weighted by Crippen LogP contribution is 2.31. The number of nitrogens with one attached hydrogen (secondary N) is 1. The second-order valence-electron chi connectivity index (χ2n) is 4.42. The standard InChI is InChI=1S/C12H14F2N4S/c1-6(2)10-12(19-18-17-10)11(16-15)7-4-3-5-8(13)9(7)14/h3-6,11,16H,15H2,1-2H3. The summed E-state index contributed by atoms with van der Waals surface area (Å²) in [7, 11) is 0. The first-order chi connectivity index (χ1) is 9.06. The normalized spacial score (nSPS) is 12.9. The molecule has 3 N–H and O–H groups in total. The molecule has 0 spiro atoms. The zero-order valence-electron chi connectivity index (χ0n) is 10.5. The highest BCUT2D eigenvalue weighted by atomic mass is 32.1. The van der Waals surface area contributed by atoms with Crippen LogP contribution < -0.4 is 11.3 Å². The summed E-state index contributed by atoms with van der Waals surface area (Å²) in [5, 5.41) is 4.02. The molecule has 0 radical (unpaired) electrons. The van der Waals surface area contributed by atoms with Crippen LogP contribution in [0.25, 0.3) is 0 Å². The molecule has 0 aliphatic rings. The molecule has 1 aromatic heterocycles. The van der Waals surface area contributed by atoms with Gasteiger partial charge in [0.05, 0.1) is 16.6 Å². The van der Waals surface area contributed by atoms with Gasteiger partial charge in [-0.1, -0.05) is 30.5 Å². The number of halogens is 2. The molecular formula is C12H14F2N4S. The van der Waals surface area contributed by atoms with Crippen LogP contribution in [-0.4, -0.2) is 9.59 Å². The first-order valence-electron chi connectivity index (χ1n) is 5.78. The van der Waals surface area contributed by atoms with Gasteiger partial charge in [-0.15, -0.1) is 5.10 Å². The van der Waals surface area contributed by atoms with Crippen molar-refractivity contribution in [3.63, 3.8) is 0 Å². The number of hydrogen-bond acceptors (Lipinski definition) is 5. The van der Waals surface area contributed by atoms with Crippen LogP contribution in [0.2, 0.25) is 0 Å². The number of aromatic nitrogens is 2. The summed E-state index contributed by atoms with van der Waals surface area (Å²) in [6, 6.07) is 3.35. The minimum Gasteiger partial charge on any atom is -0.271 e. The number of nitrogens with two attached hydrogens (primary N) is 1. The van der Waals surface area contributed by atoms with E-state index in [4.69, 9.17) is 5.84 Å². The summed E-state index contributed by atoms with van der Waals surface area (Å²) in [6.45, 7) is 3.91. The van der Waals surface area contributed by atoms with Gasteiger partial charge in [0.25, 0.3) is 0 Å². The van der Waals surface area contributed by atoms with Crippen molar-refractivity contribution in [1.29, 1.82) is 0 Å². The monoisotopic (exact) mass is 284 g/mol. The molecule has 0 aliphatic heterocycles. The van der Waals surface area contributed by atoms with Crippen LogP contribution in [0, 0.1) is 11.6 Å². The number of hydrogen-bond donors (Lipinski definition) is 2. The predicted molar refractivity (Wildman–Crippen MR) is 69.5 cm³/mol. The van der Waals surface area contributed by atoms with Gasteiger partial charge in [0.15, 0.2) is 11.6 Å². The lowest BCUT2D eigenvalue weighted by Crippen LogP contribution is -2.30. The van der Waals surface area contributed by atoms with Crippen molar-refractivity contribution in [2.75, 3.05) is 0 Å². The van der Waals surface area contributed by atoms with Gasteiger partial charge in [-0.3, -0.25) is 5.84 Å². The Hall–Kier alpha value is -1.44. The van der Waals surface area contributed by atoms with Crippen molar-refractivity contribution in [3.8, 4) is 0 Å². The third-order valence-corrected chi connectivity index (χ3v) is 3.61. The molecule has 0 aliphatic carbocycles. The lowest BCUT2D eigenvalue weighted by Gasteiger charge is -2.17. The highest BCUT2D eigenvalue weighted by molar-refractivity contribution is 7.05. The quantitative estimate of drug-likeness (QED) is 0.669. The average molecular weight is 284 g/mol. The van der Waals surface area contributed by atoms with Crippen LogP contribution in [0.1, 0.15) is 41.9 Å². The minimum absolute atomic E-state index is 0.126. The smallest absolute Gasteiger partial charge is 0.164 e. The van der Waals surface area contributed by atoms with Crippen molar-refractivity contribution >= 4 is 11.5 Å². The maximum absolute atomic E-state index is 13.9. The fourth-order valence-corrected chi connectivity index (χ4v) is 2.74. The molecule has 102 valence electrons. The molecule has 1 atom stereocenters. The van der Waals surface area contributed by atoms with Gasteiger partial charge >= 0.3 is 0 Å². The van der Waals surface area contributed by atoms with Crippen molar-refractivity contribution in [3.05, 3.63) is 46.0 Å². The van der Waals surface area contributed by atoms with E-state index in [0.717, 1.165) is 23.3 Å². The van der Waals surface area contributed by atoms with Crippen molar-refractivity contribution in [2.45, 2.75) is 25.8 Å². The third kappa shape index (κ3) is 2.63. The lowest BCUT2D eigenvalue weighted by atomic mass is 10.00. The van der Waals surface area contributed by atoms with Gasteiger partial charge in [-0.05, 0) is 23.5 Å². The van der Waals surface area contributed by atoms with Gasteiger partial charge < -0.3 is 0 Å². The Balaban J connectivity index is 2.50. The zero-order chi connectivity index (χ0) is 14.0. The highest BCUT2D eigenvalue weighted by Gasteiger charge is 2.25. The molecule has 0 saturated heterocycles. The average Bonchev–Trinajstić information content (AvgIpc) is 2.85. The molecule has 2 aromatic rings. The van der Waals surface area contributed by atoms with E-state index in [2.05, 4.69) is 15.0 Å². The Morgan fingerprint density at radius 2 is 2.05 bits per heavy atom. The van der Waals surface area contributed by atoms with Crippen LogP contribution in [0.15, 0.2) is 18.2 Å². The molecule has 0 fully saturated rings. The van der Waals surface area contributed by atoms with Crippen LogP contribution in [-0.2, 0) is 0 Å². The van der Waals surface area contributed by atoms with Gasteiger partial charge in [0, 0.05) is 5.56 Å². The fraction of sp³-hybridized carbons (Fsp3) is 0.333. The fourth-order valence-electron chi connectivity index (χ4n) is 1.86. The van der Waals surface area contributed by atoms with Crippen molar-refractivity contribution in [1.82, 2.24) is 15.0 Å². The molecule has 0 saturated carbocycles. The Morgan fingerprint density at radius 3 is 2.68 bits per heavy atom. The van der Waals surface area contributed by atoms with Gasteiger partial charge in [-0.2, -0.15) is 0 Å². The number of rotatable bonds is 4. The van der Waals surface area contributed by atoms with Gasteiger partial charge in [0.2, 0.25) is 0 Å². The maximum atomic E-state index is 13.9. The molecule has 2 rings (SSSR count). The summed E-state index contributed by atoms with van der Waals surface area (Å²) in [6.07, 6.45) is 0. The first-order valence-corrected chi connectivity index (χ1v) is 6.55. The molecule has 1 unspecified atom stereocenters. The van der Waals surface area contributed by atoms with Gasteiger partial charge in [0.1, 0.15) is 0 Å². The zero-order valence-corrected chi connectivity index (χ0v) is 11.3. The van der Waals surface area contributed by atoms with E-state index < -0.39 is 17.7 Å². The van der Waals surface area contributed by atoms with E-state index in [1.807, 2.05) is 13.8 Å². The maximum Gasteiger partial charge on any atom is 0.164 e. The number of benzene rings is 1. The predicted octanol–water partition coefficient (Wildman–Crippen LogP) is 2.49. The molecule has 0 bridgehead atoms. The van der Waals surface area contributed by atoms with E-state index >= 15 is 0 Å². The molecule has 7 heteroatoms. The molecule has 4 nitrogen and oxygen atoms in total. The van der Waals surface area contributed by atoms with Crippen LogP contribution in [0.3, 0.4) is 0 Å². The Morgan fingerprint density at radius 1 is 1.32 bits per heavy atom. The molecule has 1 heterocycles. The van der Waals surface area contributed by atoms with E-state index in [9.17, 15) is 8.78 Å². The van der Waals surface area contributed by atoms with Crippen LogP contribution in [0.5, 0.6) is 0 Å². The first kappa shape index (κ1) is 14.0. The lowest BCUT2D eigenvalue weighted by molar-refractivity contribution is 0.483. The van der Waals surface area contributed by atoms with Crippen molar-refractivity contribution in [2.24, 2.45) is 5.84 Å². The molecular weight excluding hydrogens is 270 g/mol. The van der Waals surface area contributed by atoms with E-state index in [1.54, 1.807) is 0 Å². The minimum atomic E-state index is -0.909. The summed E-state index contributed by atoms with van der Waals surface area (Å²) in [4.78, 5) is 0.696. The summed E-state index contributed by atoms with van der Waals surface area (Å²) < 4.78 is 31.0. The van der Waals surface area contributed by atoms with E-state index in [-0.39, 0.29) is 11.5 Å². The summed E-state index contributed by atoms with van der Waals surface area (Å²) >= 11 is 1.13. The van der Waals surface area contributed by atoms with E-state index in [0.29, 0.717) is 4.88 Å². The summed E-state index contributed by atoms with van der Waals surface area (Å²) in [5.74, 6) is 3.81. The Labute approximate surface area is 113 Å². The van der Waals surface area contributed by atoms with E-state index in [1.165, 1.54) is 12.1 Å². The Bertz CT molecular complexity index is 571. The number of nitrogens with zero attached hydrogens (tertiary/aromatic N) is 2. The third-order valence-electron chi connectivity index (χ3n) is 2.81. The summed E-state index contributed by atoms with van der Waals surface area (Å²) in [5.41, 5.74) is 3.39. The SMILES string of the molecule is CC(C)c1nnsc1C(NN)c1cccc(F)c1F. The van der Waals surface area contributed by atoms with Crippen LogP contribution in [0.4, 0.5) is 8.78 Å². The molecule has 1 aromatic carbocycles. The van der Waals surface area contributed by atoms with Gasteiger partial charge in [-0.25, -0.2) is 14.2 Å². The molecule has 19 heavy (non-hydrogen) atoms. The Kier molecular flexibility index (Phi) is 4.18. The largest absolute Gasteiger partial charge is 0.271 e. The molecule has 0 amide bonds.